The van der Waals surface area contributed by atoms with Crippen LogP contribution in [0.15, 0.2) is 83.8 Å². The topological polar surface area (TPSA) is 69.4 Å². The molecule has 2 heterocycles. The van der Waals surface area contributed by atoms with E-state index in [-0.39, 0.29) is 12.5 Å². The first-order chi connectivity index (χ1) is 12.7. The molecule has 2 aromatic carbocycles. The number of amidine groups is 1. The summed E-state index contributed by atoms with van der Waals surface area (Å²) in [6.07, 6.45) is 5.71. The van der Waals surface area contributed by atoms with Crippen molar-refractivity contribution in [3.05, 3.63) is 84.3 Å². The third kappa shape index (κ3) is 3.28. The molecule has 1 unspecified atom stereocenters. The summed E-state index contributed by atoms with van der Waals surface area (Å²) in [6, 6.07) is 17.1. The molecule has 0 aliphatic carbocycles. The minimum Gasteiger partial charge on any atom is -0.392 e. The smallest absolute Gasteiger partial charge is 0.280 e. The molecule has 0 fully saturated rings. The number of amides is 1. The van der Waals surface area contributed by atoms with E-state index in [0.717, 1.165) is 27.7 Å². The van der Waals surface area contributed by atoms with Gasteiger partial charge >= 0.3 is 0 Å². The van der Waals surface area contributed by atoms with Gasteiger partial charge in [0, 0.05) is 23.7 Å². The highest BCUT2D eigenvalue weighted by atomic mass is 16.3. The van der Waals surface area contributed by atoms with Gasteiger partial charge in [-0.25, -0.2) is 4.90 Å². The van der Waals surface area contributed by atoms with Crippen molar-refractivity contribution in [1.82, 2.24) is 0 Å². The molecule has 2 aromatic rings. The lowest BCUT2D eigenvalue weighted by molar-refractivity contribution is -0.742. The fraction of sp³-hybridized carbons (Fsp3) is 0.100. The van der Waals surface area contributed by atoms with Crippen LogP contribution in [0.5, 0.6) is 0 Å². The van der Waals surface area contributed by atoms with Crippen LogP contribution in [0.3, 0.4) is 0 Å². The van der Waals surface area contributed by atoms with Crippen LogP contribution < -0.4 is 15.1 Å². The third-order valence-electron chi connectivity index (χ3n) is 4.35. The van der Waals surface area contributed by atoms with Gasteiger partial charge in [0.1, 0.15) is 6.20 Å². The number of hydrogen-bond donors (Lipinski definition) is 3. The molecule has 6 heteroatoms. The monoisotopic (exact) mass is 347 g/mol. The number of aliphatic imine (C=N–C) groups is 1. The molecular weight excluding hydrogens is 328 g/mol. The number of benzene rings is 2. The number of nitrogens with zero attached hydrogens (tertiary/aromatic N) is 2. The zero-order valence-corrected chi connectivity index (χ0v) is 14.1. The lowest BCUT2D eigenvalue weighted by Crippen LogP contribution is -3.11. The Morgan fingerprint density at radius 3 is 2.65 bits per heavy atom. The second kappa shape index (κ2) is 6.95. The highest BCUT2D eigenvalue weighted by Gasteiger charge is 2.30. The molecule has 0 aromatic heterocycles. The number of quaternary nitrogens is 1. The molecule has 0 saturated carbocycles. The zero-order chi connectivity index (χ0) is 17.9. The molecule has 26 heavy (non-hydrogen) atoms. The van der Waals surface area contributed by atoms with E-state index in [4.69, 9.17) is 5.11 Å². The van der Waals surface area contributed by atoms with E-state index in [1.165, 1.54) is 0 Å². The van der Waals surface area contributed by atoms with Crippen molar-refractivity contribution in [2.75, 3.05) is 16.9 Å². The molecule has 0 spiro atoms. The average molecular weight is 347 g/mol. The van der Waals surface area contributed by atoms with Crippen LogP contribution >= 0.6 is 0 Å². The van der Waals surface area contributed by atoms with Crippen molar-refractivity contribution in [2.45, 2.75) is 6.61 Å². The largest absolute Gasteiger partial charge is 0.392 e. The van der Waals surface area contributed by atoms with Gasteiger partial charge in [0.15, 0.2) is 12.4 Å². The van der Waals surface area contributed by atoms with Crippen molar-refractivity contribution in [3.63, 3.8) is 0 Å². The molecule has 1 amide bonds. The number of carbonyl (C=O) groups excluding carboxylic acids is 1. The van der Waals surface area contributed by atoms with Gasteiger partial charge in [-0.3, -0.25) is 9.69 Å². The summed E-state index contributed by atoms with van der Waals surface area (Å²) < 4.78 is 0. The Kier molecular flexibility index (Phi) is 4.35. The summed E-state index contributed by atoms with van der Waals surface area (Å²) in [5, 5.41) is 12.0. The normalized spacial score (nSPS) is 18.2. The highest BCUT2D eigenvalue weighted by Crippen LogP contribution is 2.17. The van der Waals surface area contributed by atoms with Gasteiger partial charge in [-0.15, -0.1) is 0 Å². The Bertz CT molecular complexity index is 901. The SMILES string of the molecule is O=C(Nc1ccccc1)C1=C[NH+]2CN(c3ccc(CO)cc3)C=CC2=N1. The molecule has 6 nitrogen and oxygen atoms in total. The Hall–Kier alpha value is -3.22. The average Bonchev–Trinajstić information content (AvgIpc) is 3.12. The molecule has 2 aliphatic heterocycles. The Labute approximate surface area is 151 Å². The summed E-state index contributed by atoms with van der Waals surface area (Å²) in [5.41, 5.74) is 3.08. The van der Waals surface area contributed by atoms with Gasteiger partial charge in [0.25, 0.3) is 5.91 Å². The fourth-order valence-corrected chi connectivity index (χ4v) is 2.94. The van der Waals surface area contributed by atoms with E-state index >= 15 is 0 Å². The molecule has 130 valence electrons. The van der Waals surface area contributed by atoms with Crippen molar-refractivity contribution in [3.8, 4) is 0 Å². The fourth-order valence-electron chi connectivity index (χ4n) is 2.94. The molecule has 4 rings (SSSR count). The summed E-state index contributed by atoms with van der Waals surface area (Å²) in [4.78, 5) is 20.0. The lowest BCUT2D eigenvalue weighted by atomic mass is 10.2. The quantitative estimate of drug-likeness (QED) is 0.780. The van der Waals surface area contributed by atoms with E-state index in [1.54, 1.807) is 0 Å². The number of aliphatic hydroxyl groups is 1. The van der Waals surface area contributed by atoms with E-state index in [0.29, 0.717) is 12.4 Å². The van der Waals surface area contributed by atoms with Crippen LogP contribution in [0.1, 0.15) is 5.56 Å². The van der Waals surface area contributed by atoms with E-state index in [9.17, 15) is 4.79 Å². The maximum Gasteiger partial charge on any atom is 0.280 e. The van der Waals surface area contributed by atoms with Crippen molar-refractivity contribution < 1.29 is 14.8 Å². The first kappa shape index (κ1) is 16.3. The number of para-hydroxylation sites is 1. The van der Waals surface area contributed by atoms with Crippen LogP contribution in [0.25, 0.3) is 0 Å². The van der Waals surface area contributed by atoms with Crippen LogP contribution in [-0.2, 0) is 11.4 Å². The second-order valence-corrected chi connectivity index (χ2v) is 6.14. The summed E-state index contributed by atoms with van der Waals surface area (Å²) in [7, 11) is 0. The van der Waals surface area contributed by atoms with Crippen LogP contribution in [-0.4, -0.2) is 23.5 Å². The van der Waals surface area contributed by atoms with Gasteiger partial charge in [-0.2, -0.15) is 4.99 Å². The van der Waals surface area contributed by atoms with Gasteiger partial charge in [0.05, 0.1) is 6.61 Å². The number of rotatable bonds is 4. The Balaban J connectivity index is 1.47. The molecular formula is C20H19N4O2+. The number of carbonyl (C=O) groups is 1. The summed E-state index contributed by atoms with van der Waals surface area (Å²) >= 11 is 0. The number of fused-ring (bicyclic) bond motifs is 1. The molecule has 1 atom stereocenters. The predicted octanol–water partition coefficient (Wildman–Crippen LogP) is 1.25. The van der Waals surface area contributed by atoms with E-state index < -0.39 is 0 Å². The van der Waals surface area contributed by atoms with Crippen molar-refractivity contribution in [2.24, 2.45) is 4.99 Å². The lowest BCUT2D eigenvalue weighted by Gasteiger charge is -2.26. The van der Waals surface area contributed by atoms with E-state index in [1.807, 2.05) is 73.1 Å². The highest BCUT2D eigenvalue weighted by molar-refractivity contribution is 6.06. The van der Waals surface area contributed by atoms with Crippen LogP contribution in [0.2, 0.25) is 0 Å². The standard InChI is InChI=1S/C20H18N4O2/c25-13-15-6-8-17(9-7-15)23-11-10-19-22-18(12-24(19)14-23)20(26)21-16-4-2-1-3-5-16/h1-12,25H,13-14H2,(H,21,26)/p+1. The number of hydrogen-bond acceptors (Lipinski definition) is 4. The molecule has 0 saturated heterocycles. The minimum absolute atomic E-state index is 0.0346. The van der Waals surface area contributed by atoms with Crippen LogP contribution in [0, 0.1) is 0 Å². The Morgan fingerprint density at radius 2 is 1.92 bits per heavy atom. The first-order valence-corrected chi connectivity index (χ1v) is 8.40. The van der Waals surface area contributed by atoms with Gasteiger partial charge in [-0.05, 0) is 29.8 Å². The van der Waals surface area contributed by atoms with Crippen LogP contribution in [0.4, 0.5) is 11.4 Å². The number of aliphatic hydroxyl groups excluding tert-OH is 1. The molecule has 2 aliphatic rings. The summed E-state index contributed by atoms with van der Waals surface area (Å²) in [5.74, 6) is 0.615. The maximum atomic E-state index is 12.4. The maximum absolute atomic E-state index is 12.4. The van der Waals surface area contributed by atoms with E-state index in [2.05, 4.69) is 15.2 Å². The molecule has 0 bridgehead atoms. The van der Waals surface area contributed by atoms with Gasteiger partial charge < -0.3 is 10.4 Å². The third-order valence-corrected chi connectivity index (χ3v) is 4.35. The second-order valence-electron chi connectivity index (χ2n) is 6.14. The first-order valence-electron chi connectivity index (χ1n) is 8.40. The molecule has 3 N–H and O–H groups in total. The van der Waals surface area contributed by atoms with Gasteiger partial charge in [-0.1, -0.05) is 30.3 Å². The predicted molar refractivity (Wildman–Crippen MR) is 100 cm³/mol. The number of nitrogens with one attached hydrogen (secondary N) is 2. The van der Waals surface area contributed by atoms with Crippen molar-refractivity contribution in [1.29, 1.82) is 0 Å². The summed E-state index contributed by atoms with van der Waals surface area (Å²) in [6.45, 7) is 0.683. The zero-order valence-electron chi connectivity index (χ0n) is 14.1. The van der Waals surface area contributed by atoms with Gasteiger partial charge in [0.2, 0.25) is 5.84 Å². The molecule has 0 radical (unpaired) electrons. The number of anilines is 2. The van der Waals surface area contributed by atoms with Crippen molar-refractivity contribution >= 4 is 23.1 Å². The Morgan fingerprint density at radius 1 is 1.15 bits per heavy atom. The minimum atomic E-state index is -0.210.